The molecule has 5 heteroatoms. The zero-order valence-electron chi connectivity index (χ0n) is 14.2. The van der Waals surface area contributed by atoms with Gasteiger partial charge in [-0.2, -0.15) is 0 Å². The molecule has 5 nitrogen and oxygen atoms in total. The highest BCUT2D eigenvalue weighted by Gasteiger charge is 2.53. The minimum Gasteiger partial charge on any atom is -0.481 e. The number of nitrogens with one attached hydrogen (secondary N) is 1. The molecule has 1 aliphatic carbocycles. The lowest BCUT2D eigenvalue weighted by Crippen LogP contribution is -2.34. The highest BCUT2D eigenvalue weighted by molar-refractivity contribution is 5.94. The number of hydrogen-bond donors (Lipinski definition) is 2. The van der Waals surface area contributed by atoms with Gasteiger partial charge in [-0.15, -0.1) is 0 Å². The van der Waals surface area contributed by atoms with Gasteiger partial charge in [0.05, 0.1) is 5.41 Å². The van der Waals surface area contributed by atoms with E-state index >= 15 is 0 Å². The molecule has 0 heterocycles. The van der Waals surface area contributed by atoms with E-state index in [0.29, 0.717) is 30.6 Å². The molecule has 0 aromatic heterocycles. The smallest absolute Gasteiger partial charge is 0.321 e. The van der Waals surface area contributed by atoms with Crippen LogP contribution >= 0.6 is 0 Å². The third kappa shape index (κ3) is 3.65. The minimum absolute atomic E-state index is 0.232. The van der Waals surface area contributed by atoms with Gasteiger partial charge < -0.3 is 15.3 Å². The summed E-state index contributed by atoms with van der Waals surface area (Å²) in [5, 5.41) is 12.4. The van der Waals surface area contributed by atoms with Crippen molar-refractivity contribution < 1.29 is 14.7 Å². The molecule has 0 aliphatic heterocycles. The molecule has 2 N–H and O–H groups in total. The molecule has 1 saturated carbocycles. The summed E-state index contributed by atoms with van der Waals surface area (Å²) in [6, 6.07) is 16.9. The van der Waals surface area contributed by atoms with Crippen LogP contribution in [0.1, 0.15) is 24.0 Å². The molecular formula is C20H22N2O3. The van der Waals surface area contributed by atoms with Crippen LogP contribution < -0.4 is 5.32 Å². The number of urea groups is 1. The summed E-state index contributed by atoms with van der Waals surface area (Å²) in [5.41, 5.74) is 1.60. The lowest BCUT2D eigenvalue weighted by Gasteiger charge is -2.21. The number of carbonyl (C=O) groups excluding carboxylic acids is 1. The summed E-state index contributed by atoms with van der Waals surface area (Å²) in [6.07, 6.45) is 1.99. The molecule has 1 fully saturated rings. The predicted octanol–water partition coefficient (Wildman–Crippen LogP) is 3.51. The topological polar surface area (TPSA) is 69.6 Å². The summed E-state index contributed by atoms with van der Waals surface area (Å²) < 4.78 is 0. The van der Waals surface area contributed by atoms with Crippen molar-refractivity contribution in [1.82, 2.24) is 4.90 Å². The maximum atomic E-state index is 12.5. The molecule has 0 unspecified atom stereocenters. The second kappa shape index (κ2) is 6.97. The average molecular weight is 338 g/mol. The number of likely N-dealkylation sites (N-methyl/N-ethyl adjacent to an activating group) is 1. The van der Waals surface area contributed by atoms with Crippen LogP contribution in [-0.2, 0) is 16.6 Å². The SMILES string of the molecule is CN(CCc1ccccc1)C(=O)Nc1ccccc1C1(C(=O)O)CC1. The number of amides is 2. The van der Waals surface area contributed by atoms with E-state index in [9.17, 15) is 14.7 Å². The Hall–Kier alpha value is -2.82. The molecule has 3 rings (SSSR count). The van der Waals surface area contributed by atoms with Gasteiger partial charge in [0, 0.05) is 19.3 Å². The Bertz CT molecular complexity index is 770. The number of hydrogen-bond acceptors (Lipinski definition) is 2. The van der Waals surface area contributed by atoms with E-state index in [-0.39, 0.29) is 6.03 Å². The fourth-order valence-corrected chi connectivity index (χ4v) is 2.99. The maximum absolute atomic E-state index is 12.5. The number of aliphatic carboxylic acids is 1. The van der Waals surface area contributed by atoms with Gasteiger partial charge in [0.1, 0.15) is 0 Å². The van der Waals surface area contributed by atoms with Crippen molar-refractivity contribution in [2.24, 2.45) is 0 Å². The second-order valence-electron chi connectivity index (χ2n) is 6.52. The van der Waals surface area contributed by atoms with E-state index in [4.69, 9.17) is 0 Å². The van der Waals surface area contributed by atoms with Gasteiger partial charge in [-0.05, 0) is 36.5 Å². The van der Waals surface area contributed by atoms with Gasteiger partial charge in [0.2, 0.25) is 0 Å². The van der Waals surface area contributed by atoms with Crippen molar-refractivity contribution in [2.75, 3.05) is 18.9 Å². The molecule has 130 valence electrons. The zero-order valence-corrected chi connectivity index (χ0v) is 14.2. The molecular weight excluding hydrogens is 316 g/mol. The van der Waals surface area contributed by atoms with E-state index in [1.165, 1.54) is 5.56 Å². The highest BCUT2D eigenvalue weighted by Crippen LogP contribution is 2.50. The quantitative estimate of drug-likeness (QED) is 0.847. The van der Waals surface area contributed by atoms with Crippen LogP contribution in [0.25, 0.3) is 0 Å². The summed E-state index contributed by atoms with van der Waals surface area (Å²) in [5.74, 6) is -0.827. The van der Waals surface area contributed by atoms with Crippen LogP contribution in [0, 0.1) is 0 Å². The van der Waals surface area contributed by atoms with E-state index in [1.54, 1.807) is 30.1 Å². The molecule has 2 amide bonds. The molecule has 0 saturated heterocycles. The Morgan fingerprint density at radius 3 is 2.36 bits per heavy atom. The van der Waals surface area contributed by atoms with Gasteiger partial charge in [-0.25, -0.2) is 4.79 Å². The van der Waals surface area contributed by atoms with Crippen molar-refractivity contribution in [3.05, 3.63) is 65.7 Å². The predicted molar refractivity (Wildman–Crippen MR) is 96.8 cm³/mol. The molecule has 0 spiro atoms. The van der Waals surface area contributed by atoms with Gasteiger partial charge in [0.15, 0.2) is 0 Å². The average Bonchev–Trinajstić information content (AvgIpc) is 3.43. The first-order valence-corrected chi connectivity index (χ1v) is 8.42. The second-order valence-corrected chi connectivity index (χ2v) is 6.52. The van der Waals surface area contributed by atoms with Crippen molar-refractivity contribution >= 4 is 17.7 Å². The summed E-state index contributed by atoms with van der Waals surface area (Å²) in [7, 11) is 1.74. The lowest BCUT2D eigenvalue weighted by molar-refractivity contribution is -0.140. The molecule has 2 aromatic rings. The van der Waals surface area contributed by atoms with Crippen LogP contribution in [0.15, 0.2) is 54.6 Å². The van der Waals surface area contributed by atoms with E-state index < -0.39 is 11.4 Å². The minimum atomic E-state index is -0.841. The van der Waals surface area contributed by atoms with Crippen molar-refractivity contribution in [3.8, 4) is 0 Å². The zero-order chi connectivity index (χ0) is 17.9. The number of carbonyl (C=O) groups is 2. The fourth-order valence-electron chi connectivity index (χ4n) is 2.99. The number of anilines is 1. The standard InChI is InChI=1S/C20H22N2O3/c1-22(14-11-15-7-3-2-4-8-15)19(25)21-17-10-6-5-9-16(17)20(12-13-20)18(23)24/h2-10H,11-14H2,1H3,(H,21,25)(H,23,24). The first-order valence-electron chi connectivity index (χ1n) is 8.42. The van der Waals surface area contributed by atoms with Crippen LogP contribution in [0.2, 0.25) is 0 Å². The maximum Gasteiger partial charge on any atom is 0.321 e. The van der Waals surface area contributed by atoms with E-state index in [0.717, 1.165) is 6.42 Å². The molecule has 1 aliphatic rings. The Balaban J connectivity index is 1.66. The third-order valence-corrected chi connectivity index (χ3v) is 4.77. The molecule has 0 atom stereocenters. The largest absolute Gasteiger partial charge is 0.481 e. The van der Waals surface area contributed by atoms with Gasteiger partial charge in [-0.3, -0.25) is 4.79 Å². The van der Waals surface area contributed by atoms with Crippen molar-refractivity contribution in [3.63, 3.8) is 0 Å². The van der Waals surface area contributed by atoms with Gasteiger partial charge in [-0.1, -0.05) is 48.5 Å². The van der Waals surface area contributed by atoms with Crippen LogP contribution in [0.5, 0.6) is 0 Å². The summed E-state index contributed by atoms with van der Waals surface area (Å²) in [4.78, 5) is 25.7. The molecule has 0 bridgehead atoms. The molecule has 0 radical (unpaired) electrons. The Kier molecular flexibility index (Phi) is 4.74. The van der Waals surface area contributed by atoms with Crippen LogP contribution in [0.3, 0.4) is 0 Å². The highest BCUT2D eigenvalue weighted by atomic mass is 16.4. The van der Waals surface area contributed by atoms with E-state index in [2.05, 4.69) is 5.32 Å². The Morgan fingerprint density at radius 2 is 1.72 bits per heavy atom. The summed E-state index contributed by atoms with van der Waals surface area (Å²) >= 11 is 0. The summed E-state index contributed by atoms with van der Waals surface area (Å²) in [6.45, 7) is 0.585. The fraction of sp³-hybridized carbons (Fsp3) is 0.300. The number of nitrogens with zero attached hydrogens (tertiary/aromatic N) is 1. The lowest BCUT2D eigenvalue weighted by atomic mass is 9.94. The van der Waals surface area contributed by atoms with Crippen LogP contribution in [0.4, 0.5) is 10.5 Å². The normalized spacial score (nSPS) is 14.6. The Morgan fingerprint density at radius 1 is 1.08 bits per heavy atom. The van der Waals surface area contributed by atoms with Crippen molar-refractivity contribution in [2.45, 2.75) is 24.7 Å². The molecule has 2 aromatic carbocycles. The number of benzene rings is 2. The first-order chi connectivity index (χ1) is 12.0. The van der Waals surface area contributed by atoms with Gasteiger partial charge >= 0.3 is 12.0 Å². The monoisotopic (exact) mass is 338 g/mol. The number of carboxylic acids is 1. The Labute approximate surface area is 147 Å². The first kappa shape index (κ1) is 17.0. The number of rotatable bonds is 6. The molecule has 25 heavy (non-hydrogen) atoms. The number of para-hydroxylation sites is 1. The van der Waals surface area contributed by atoms with Crippen LogP contribution in [-0.4, -0.2) is 35.6 Å². The van der Waals surface area contributed by atoms with Gasteiger partial charge in [0.25, 0.3) is 0 Å². The van der Waals surface area contributed by atoms with Crippen molar-refractivity contribution in [1.29, 1.82) is 0 Å². The van der Waals surface area contributed by atoms with E-state index in [1.807, 2.05) is 36.4 Å². The number of carboxylic acid groups (broad SMARTS) is 1. The third-order valence-electron chi connectivity index (χ3n) is 4.77.